The maximum atomic E-state index is 12.8. The van der Waals surface area contributed by atoms with E-state index in [-0.39, 0.29) is 30.1 Å². The monoisotopic (exact) mass is 349 g/mol. The second-order valence-corrected chi connectivity index (χ2v) is 8.21. The number of carbonyl (C=O) groups excluding carboxylic acids is 3. The molecule has 0 aromatic heterocycles. The highest BCUT2D eigenvalue weighted by atomic mass is 16.2. The van der Waals surface area contributed by atoms with Crippen molar-refractivity contribution in [3.05, 3.63) is 0 Å². The molecule has 3 amide bonds. The summed E-state index contributed by atoms with van der Waals surface area (Å²) in [5.41, 5.74) is 4.93. The quantitative estimate of drug-likeness (QED) is 0.793. The van der Waals surface area contributed by atoms with Gasteiger partial charge in [-0.25, -0.2) is 0 Å². The molecule has 0 aromatic carbocycles. The Morgan fingerprint density at radius 2 is 1.72 bits per heavy atom. The molecular formula is C19H31N3O3. The highest BCUT2D eigenvalue weighted by molar-refractivity contribution is 5.90. The summed E-state index contributed by atoms with van der Waals surface area (Å²) in [5, 5.41) is 3.13. The van der Waals surface area contributed by atoms with Crippen molar-refractivity contribution in [2.45, 2.75) is 88.6 Å². The maximum Gasteiger partial charge on any atom is 0.225 e. The number of hydrogen-bond acceptors (Lipinski definition) is 3. The lowest BCUT2D eigenvalue weighted by molar-refractivity contribution is -0.131. The number of carbonyl (C=O) groups is 3. The van der Waals surface area contributed by atoms with Crippen molar-refractivity contribution < 1.29 is 14.4 Å². The molecule has 6 heteroatoms. The van der Waals surface area contributed by atoms with Gasteiger partial charge in [0.25, 0.3) is 0 Å². The maximum absolute atomic E-state index is 12.8. The number of nitrogens with two attached hydrogens (primary N) is 1. The molecule has 1 atom stereocenters. The molecule has 3 fully saturated rings. The zero-order valence-electron chi connectivity index (χ0n) is 15.1. The van der Waals surface area contributed by atoms with E-state index in [0.717, 1.165) is 44.9 Å². The van der Waals surface area contributed by atoms with Crippen molar-refractivity contribution in [3.63, 3.8) is 0 Å². The molecule has 3 rings (SSSR count). The van der Waals surface area contributed by atoms with Gasteiger partial charge in [0, 0.05) is 31.0 Å². The fourth-order valence-electron chi connectivity index (χ4n) is 4.92. The lowest BCUT2D eigenvalue weighted by Crippen LogP contribution is -2.53. The molecule has 0 aromatic rings. The van der Waals surface area contributed by atoms with Gasteiger partial charge in [-0.1, -0.05) is 38.5 Å². The second kappa shape index (κ2) is 7.75. The van der Waals surface area contributed by atoms with Gasteiger partial charge in [0.1, 0.15) is 0 Å². The van der Waals surface area contributed by atoms with Gasteiger partial charge in [-0.05, 0) is 25.7 Å². The van der Waals surface area contributed by atoms with E-state index in [9.17, 15) is 14.4 Å². The zero-order chi connectivity index (χ0) is 17.9. The van der Waals surface area contributed by atoms with Gasteiger partial charge in [0.05, 0.1) is 5.92 Å². The summed E-state index contributed by atoms with van der Waals surface area (Å²) < 4.78 is 0. The minimum Gasteiger partial charge on any atom is -0.370 e. The number of nitrogens with one attached hydrogen (secondary N) is 1. The summed E-state index contributed by atoms with van der Waals surface area (Å²) in [6.45, 7) is 0.530. The predicted octanol–water partition coefficient (Wildman–Crippen LogP) is 1.86. The van der Waals surface area contributed by atoms with Crippen LogP contribution in [0.1, 0.15) is 77.0 Å². The Balaban J connectivity index is 1.62. The summed E-state index contributed by atoms with van der Waals surface area (Å²) in [4.78, 5) is 38.7. The first-order valence-corrected chi connectivity index (χ1v) is 9.89. The van der Waals surface area contributed by atoms with Gasteiger partial charge in [0.2, 0.25) is 17.7 Å². The van der Waals surface area contributed by atoms with Gasteiger partial charge in [-0.15, -0.1) is 0 Å². The smallest absolute Gasteiger partial charge is 0.225 e. The van der Waals surface area contributed by atoms with Crippen LogP contribution < -0.4 is 11.1 Å². The lowest BCUT2D eigenvalue weighted by atomic mass is 9.78. The third-order valence-corrected chi connectivity index (χ3v) is 6.26. The van der Waals surface area contributed by atoms with E-state index in [4.69, 9.17) is 5.73 Å². The highest BCUT2D eigenvalue weighted by Gasteiger charge is 2.42. The van der Waals surface area contributed by atoms with E-state index in [1.807, 2.05) is 4.90 Å². The van der Waals surface area contributed by atoms with Gasteiger partial charge in [-0.2, -0.15) is 0 Å². The molecule has 1 aliphatic heterocycles. The van der Waals surface area contributed by atoms with Crippen LogP contribution in [0.3, 0.4) is 0 Å². The normalized spacial score (nSPS) is 27.3. The van der Waals surface area contributed by atoms with E-state index in [0.29, 0.717) is 19.0 Å². The molecule has 2 saturated carbocycles. The van der Waals surface area contributed by atoms with Crippen molar-refractivity contribution in [2.24, 2.45) is 11.7 Å². The standard InChI is InChI=1S/C19H31N3O3/c20-16(23)12-19(9-5-2-6-10-19)21-18(25)14-11-17(24)22(13-14)15-7-3-1-4-8-15/h14-15H,1-13H2,(H2,20,23)(H,21,25). The van der Waals surface area contributed by atoms with Crippen LogP contribution in [-0.2, 0) is 14.4 Å². The average Bonchev–Trinajstić information content (AvgIpc) is 2.98. The van der Waals surface area contributed by atoms with Crippen LogP contribution in [-0.4, -0.2) is 40.7 Å². The summed E-state index contributed by atoms with van der Waals surface area (Å²) in [6, 6.07) is 0.313. The highest BCUT2D eigenvalue weighted by Crippen LogP contribution is 2.33. The first-order chi connectivity index (χ1) is 12.0. The van der Waals surface area contributed by atoms with Crippen molar-refractivity contribution in [2.75, 3.05) is 6.54 Å². The van der Waals surface area contributed by atoms with Crippen LogP contribution in [0.5, 0.6) is 0 Å². The molecule has 3 aliphatic rings. The minimum absolute atomic E-state index is 0.0743. The van der Waals surface area contributed by atoms with Crippen LogP contribution in [0.25, 0.3) is 0 Å². The van der Waals surface area contributed by atoms with Gasteiger partial charge in [-0.3, -0.25) is 14.4 Å². The van der Waals surface area contributed by atoms with Gasteiger partial charge in [0.15, 0.2) is 0 Å². The van der Waals surface area contributed by atoms with Crippen molar-refractivity contribution >= 4 is 17.7 Å². The fourth-order valence-corrected chi connectivity index (χ4v) is 4.92. The van der Waals surface area contributed by atoms with Crippen LogP contribution in [0.2, 0.25) is 0 Å². The van der Waals surface area contributed by atoms with Crippen LogP contribution in [0, 0.1) is 5.92 Å². The van der Waals surface area contributed by atoms with E-state index < -0.39 is 5.54 Å². The van der Waals surface area contributed by atoms with Crippen molar-refractivity contribution in [3.8, 4) is 0 Å². The second-order valence-electron chi connectivity index (χ2n) is 8.21. The third kappa shape index (κ3) is 4.33. The summed E-state index contributed by atoms with van der Waals surface area (Å²) >= 11 is 0. The lowest BCUT2D eigenvalue weighted by Gasteiger charge is -2.38. The summed E-state index contributed by atoms with van der Waals surface area (Å²) in [6.07, 6.45) is 11.0. The first kappa shape index (κ1) is 18.2. The minimum atomic E-state index is -0.498. The molecule has 140 valence electrons. The van der Waals surface area contributed by atoms with E-state index in [1.165, 1.54) is 19.3 Å². The van der Waals surface area contributed by atoms with Crippen molar-refractivity contribution in [1.29, 1.82) is 0 Å². The zero-order valence-corrected chi connectivity index (χ0v) is 15.1. The number of amides is 3. The number of likely N-dealkylation sites (tertiary alicyclic amines) is 1. The Morgan fingerprint density at radius 1 is 1.08 bits per heavy atom. The molecule has 1 heterocycles. The Morgan fingerprint density at radius 3 is 2.36 bits per heavy atom. The predicted molar refractivity (Wildman–Crippen MR) is 94.5 cm³/mol. The molecule has 6 nitrogen and oxygen atoms in total. The Labute approximate surface area is 149 Å². The Kier molecular flexibility index (Phi) is 5.64. The number of rotatable bonds is 5. The van der Waals surface area contributed by atoms with Crippen LogP contribution >= 0.6 is 0 Å². The molecule has 0 spiro atoms. The van der Waals surface area contributed by atoms with E-state index in [2.05, 4.69) is 5.32 Å². The van der Waals surface area contributed by atoms with Crippen LogP contribution in [0.15, 0.2) is 0 Å². The van der Waals surface area contributed by atoms with Gasteiger partial charge < -0.3 is 16.0 Å². The number of primary amides is 1. The Bertz CT molecular complexity index is 522. The molecule has 2 aliphatic carbocycles. The topological polar surface area (TPSA) is 92.5 Å². The summed E-state index contributed by atoms with van der Waals surface area (Å²) in [7, 11) is 0. The molecular weight excluding hydrogens is 318 g/mol. The average molecular weight is 349 g/mol. The molecule has 3 N–H and O–H groups in total. The third-order valence-electron chi connectivity index (χ3n) is 6.26. The SMILES string of the molecule is NC(=O)CC1(NC(=O)C2CC(=O)N(C3CCCCC3)C2)CCCCC1. The molecule has 0 bridgehead atoms. The number of hydrogen-bond donors (Lipinski definition) is 2. The van der Waals surface area contributed by atoms with Crippen LogP contribution in [0.4, 0.5) is 0 Å². The van der Waals surface area contributed by atoms with E-state index in [1.54, 1.807) is 0 Å². The van der Waals surface area contributed by atoms with Gasteiger partial charge >= 0.3 is 0 Å². The molecule has 0 radical (unpaired) electrons. The molecule has 25 heavy (non-hydrogen) atoms. The van der Waals surface area contributed by atoms with Crippen molar-refractivity contribution in [1.82, 2.24) is 10.2 Å². The number of nitrogens with zero attached hydrogens (tertiary/aromatic N) is 1. The largest absolute Gasteiger partial charge is 0.370 e. The summed E-state index contributed by atoms with van der Waals surface area (Å²) in [5.74, 6) is -0.621. The Hall–Kier alpha value is -1.59. The molecule has 1 unspecified atom stereocenters. The van der Waals surface area contributed by atoms with E-state index >= 15 is 0 Å². The first-order valence-electron chi connectivity index (χ1n) is 9.89. The fraction of sp³-hybridized carbons (Fsp3) is 0.842. The molecule has 1 saturated heterocycles.